The number of carboxylic acids is 1. The molecule has 2 heterocycles. The molecule has 1 aliphatic heterocycles. The number of hydrogen-bond acceptors (Lipinski definition) is 4. The highest BCUT2D eigenvalue weighted by atomic mass is 16.4. The Hall–Kier alpha value is -2.17. The molecule has 1 aromatic heterocycles. The van der Waals surface area contributed by atoms with Crippen LogP contribution in [0.25, 0.3) is 11.0 Å². The van der Waals surface area contributed by atoms with Crippen molar-refractivity contribution in [2.24, 2.45) is 5.92 Å². The SMILES string of the molecule is O=C(O)C1CCCN(c2cnc3ccccc3n2)C1. The van der Waals surface area contributed by atoms with Gasteiger partial charge in [0.1, 0.15) is 5.82 Å². The van der Waals surface area contributed by atoms with E-state index < -0.39 is 5.97 Å². The van der Waals surface area contributed by atoms with Crippen LogP contribution in [0.1, 0.15) is 12.8 Å². The summed E-state index contributed by atoms with van der Waals surface area (Å²) in [4.78, 5) is 22.0. The summed E-state index contributed by atoms with van der Waals surface area (Å²) in [7, 11) is 0. The summed E-state index contributed by atoms with van der Waals surface area (Å²) in [6, 6.07) is 7.70. The number of fused-ring (bicyclic) bond motifs is 1. The average Bonchev–Trinajstić information content (AvgIpc) is 2.47. The second-order valence-corrected chi connectivity index (χ2v) is 4.84. The fraction of sp³-hybridized carbons (Fsp3) is 0.357. The molecule has 1 fully saturated rings. The maximum atomic E-state index is 11.1. The zero-order valence-electron chi connectivity index (χ0n) is 10.5. The van der Waals surface area contributed by atoms with Gasteiger partial charge in [-0.1, -0.05) is 12.1 Å². The third kappa shape index (κ3) is 2.36. The van der Waals surface area contributed by atoms with Crippen molar-refractivity contribution >= 4 is 22.8 Å². The molecule has 1 unspecified atom stereocenters. The smallest absolute Gasteiger partial charge is 0.308 e. The number of aliphatic carboxylic acids is 1. The van der Waals surface area contributed by atoms with Crippen LogP contribution in [0.4, 0.5) is 5.82 Å². The first-order valence-electron chi connectivity index (χ1n) is 6.43. The van der Waals surface area contributed by atoms with Crippen molar-refractivity contribution < 1.29 is 9.90 Å². The highest BCUT2D eigenvalue weighted by molar-refractivity contribution is 5.75. The van der Waals surface area contributed by atoms with E-state index in [0.29, 0.717) is 6.54 Å². The van der Waals surface area contributed by atoms with E-state index in [1.54, 1.807) is 6.20 Å². The number of carboxylic acid groups (broad SMARTS) is 1. The van der Waals surface area contributed by atoms with Gasteiger partial charge in [0.2, 0.25) is 0 Å². The van der Waals surface area contributed by atoms with Crippen LogP contribution in [-0.4, -0.2) is 34.1 Å². The molecule has 1 saturated heterocycles. The predicted octanol–water partition coefficient (Wildman–Crippen LogP) is 1.93. The van der Waals surface area contributed by atoms with Crippen LogP contribution < -0.4 is 4.90 Å². The number of carbonyl (C=O) groups is 1. The number of anilines is 1. The first kappa shape index (κ1) is 11.9. The number of benzene rings is 1. The van der Waals surface area contributed by atoms with Gasteiger partial charge in [-0.2, -0.15) is 0 Å². The Bertz CT molecular complexity index is 614. The third-order valence-electron chi connectivity index (χ3n) is 3.53. The molecule has 1 aliphatic rings. The van der Waals surface area contributed by atoms with Crippen LogP contribution in [0, 0.1) is 5.92 Å². The standard InChI is InChI=1S/C14H15N3O2/c18-14(19)10-4-3-7-17(9-10)13-8-15-11-5-1-2-6-12(11)16-13/h1-2,5-6,8,10H,3-4,7,9H2,(H,18,19). The number of piperidine rings is 1. The molecular formula is C14H15N3O2. The van der Waals surface area contributed by atoms with E-state index in [1.807, 2.05) is 29.2 Å². The molecule has 5 nitrogen and oxygen atoms in total. The first-order chi connectivity index (χ1) is 9.24. The van der Waals surface area contributed by atoms with Gasteiger partial charge < -0.3 is 10.0 Å². The van der Waals surface area contributed by atoms with Gasteiger partial charge in [-0.05, 0) is 25.0 Å². The minimum Gasteiger partial charge on any atom is -0.481 e. The second kappa shape index (κ2) is 4.84. The zero-order chi connectivity index (χ0) is 13.2. The highest BCUT2D eigenvalue weighted by Crippen LogP contribution is 2.22. The Kier molecular flexibility index (Phi) is 3.03. The molecule has 0 radical (unpaired) electrons. The quantitative estimate of drug-likeness (QED) is 0.890. The minimum absolute atomic E-state index is 0.304. The molecular weight excluding hydrogens is 242 g/mol. The molecule has 0 bridgehead atoms. The molecule has 0 amide bonds. The van der Waals surface area contributed by atoms with E-state index in [9.17, 15) is 4.79 Å². The summed E-state index contributed by atoms with van der Waals surface area (Å²) in [6.07, 6.45) is 3.35. The van der Waals surface area contributed by atoms with Crippen molar-refractivity contribution in [1.82, 2.24) is 9.97 Å². The Morgan fingerprint density at radius 1 is 1.32 bits per heavy atom. The van der Waals surface area contributed by atoms with E-state index in [2.05, 4.69) is 9.97 Å². The Labute approximate surface area is 110 Å². The molecule has 19 heavy (non-hydrogen) atoms. The molecule has 1 N–H and O–H groups in total. The van der Waals surface area contributed by atoms with Crippen molar-refractivity contribution in [2.45, 2.75) is 12.8 Å². The van der Waals surface area contributed by atoms with Gasteiger partial charge in [-0.3, -0.25) is 9.78 Å². The molecule has 3 rings (SSSR count). The molecule has 5 heteroatoms. The van der Waals surface area contributed by atoms with Crippen molar-refractivity contribution in [3.63, 3.8) is 0 Å². The van der Waals surface area contributed by atoms with Crippen LogP contribution in [0.3, 0.4) is 0 Å². The largest absolute Gasteiger partial charge is 0.481 e. The Morgan fingerprint density at radius 3 is 2.89 bits per heavy atom. The fourth-order valence-electron chi connectivity index (χ4n) is 2.49. The lowest BCUT2D eigenvalue weighted by Gasteiger charge is -2.31. The zero-order valence-corrected chi connectivity index (χ0v) is 10.5. The predicted molar refractivity (Wildman–Crippen MR) is 72.1 cm³/mol. The summed E-state index contributed by atoms with van der Waals surface area (Å²) < 4.78 is 0. The van der Waals surface area contributed by atoms with Crippen molar-refractivity contribution in [2.75, 3.05) is 18.0 Å². The normalized spacial score (nSPS) is 19.6. The van der Waals surface area contributed by atoms with Crippen LogP contribution in [-0.2, 0) is 4.79 Å². The molecule has 1 aromatic carbocycles. The second-order valence-electron chi connectivity index (χ2n) is 4.84. The van der Waals surface area contributed by atoms with Crippen molar-refractivity contribution in [1.29, 1.82) is 0 Å². The molecule has 0 aliphatic carbocycles. The third-order valence-corrected chi connectivity index (χ3v) is 3.53. The minimum atomic E-state index is -0.724. The van der Waals surface area contributed by atoms with Crippen LogP contribution in [0.15, 0.2) is 30.5 Å². The summed E-state index contributed by atoms with van der Waals surface area (Å²) in [5, 5.41) is 9.11. The summed E-state index contributed by atoms with van der Waals surface area (Å²) >= 11 is 0. The fourth-order valence-corrected chi connectivity index (χ4v) is 2.49. The Balaban J connectivity index is 1.89. The number of rotatable bonds is 2. The van der Waals surface area contributed by atoms with Crippen molar-refractivity contribution in [3.05, 3.63) is 30.5 Å². The lowest BCUT2D eigenvalue weighted by atomic mass is 9.98. The van der Waals surface area contributed by atoms with Gasteiger partial charge in [0, 0.05) is 13.1 Å². The number of para-hydroxylation sites is 2. The van der Waals surface area contributed by atoms with Gasteiger partial charge in [0.15, 0.2) is 0 Å². The summed E-state index contributed by atoms with van der Waals surface area (Å²) in [5.41, 5.74) is 1.70. The van der Waals surface area contributed by atoms with E-state index in [-0.39, 0.29) is 5.92 Å². The summed E-state index contributed by atoms with van der Waals surface area (Å²) in [5.74, 6) is -0.259. The number of aromatic nitrogens is 2. The van der Waals surface area contributed by atoms with Gasteiger partial charge in [-0.25, -0.2) is 4.98 Å². The van der Waals surface area contributed by atoms with Gasteiger partial charge in [0.25, 0.3) is 0 Å². The van der Waals surface area contributed by atoms with E-state index in [0.717, 1.165) is 36.2 Å². The van der Waals surface area contributed by atoms with E-state index in [1.165, 1.54) is 0 Å². The maximum absolute atomic E-state index is 11.1. The van der Waals surface area contributed by atoms with E-state index >= 15 is 0 Å². The van der Waals surface area contributed by atoms with Crippen LogP contribution >= 0.6 is 0 Å². The molecule has 2 aromatic rings. The molecule has 0 spiro atoms. The monoisotopic (exact) mass is 257 g/mol. The van der Waals surface area contributed by atoms with Gasteiger partial charge in [-0.15, -0.1) is 0 Å². The maximum Gasteiger partial charge on any atom is 0.308 e. The molecule has 1 atom stereocenters. The number of hydrogen-bond donors (Lipinski definition) is 1. The van der Waals surface area contributed by atoms with Crippen molar-refractivity contribution in [3.8, 4) is 0 Å². The molecule has 98 valence electrons. The van der Waals surface area contributed by atoms with Crippen LogP contribution in [0.5, 0.6) is 0 Å². The topological polar surface area (TPSA) is 66.3 Å². The van der Waals surface area contributed by atoms with E-state index in [4.69, 9.17) is 5.11 Å². The average molecular weight is 257 g/mol. The lowest BCUT2D eigenvalue weighted by molar-refractivity contribution is -0.141. The first-order valence-corrected chi connectivity index (χ1v) is 6.43. The van der Waals surface area contributed by atoms with Gasteiger partial charge >= 0.3 is 5.97 Å². The molecule has 0 saturated carbocycles. The highest BCUT2D eigenvalue weighted by Gasteiger charge is 2.26. The van der Waals surface area contributed by atoms with Gasteiger partial charge in [0.05, 0.1) is 23.1 Å². The lowest BCUT2D eigenvalue weighted by Crippen LogP contribution is -2.39. The summed E-state index contributed by atoms with van der Waals surface area (Å²) in [6.45, 7) is 1.36. The Morgan fingerprint density at radius 2 is 2.11 bits per heavy atom. The van der Waals surface area contributed by atoms with Crippen LogP contribution in [0.2, 0.25) is 0 Å². The number of nitrogens with zero attached hydrogens (tertiary/aromatic N) is 3.